The molecule has 0 spiro atoms. The van der Waals surface area contributed by atoms with Crippen LogP contribution < -0.4 is 10.6 Å². The van der Waals surface area contributed by atoms with Crippen molar-refractivity contribution in [1.29, 1.82) is 0 Å². The van der Waals surface area contributed by atoms with Gasteiger partial charge in [0.25, 0.3) is 0 Å². The lowest BCUT2D eigenvalue weighted by Gasteiger charge is -2.05. The number of hydrogen-bond donors (Lipinski definition) is 2. The van der Waals surface area contributed by atoms with E-state index >= 15 is 0 Å². The largest absolute Gasteiger partial charge is 0.467 e. The highest BCUT2D eigenvalue weighted by molar-refractivity contribution is 5.92. The lowest BCUT2D eigenvalue weighted by molar-refractivity contribution is -0.127. The molecule has 0 radical (unpaired) electrons. The Kier molecular flexibility index (Phi) is 5.21. The van der Waals surface area contributed by atoms with E-state index in [1.807, 2.05) is 6.07 Å². The lowest BCUT2D eigenvalue weighted by atomic mass is 10.2. The van der Waals surface area contributed by atoms with Gasteiger partial charge in [-0.05, 0) is 25.0 Å². The molecule has 0 aliphatic heterocycles. The molecular weight excluding hydrogens is 256 g/mol. The van der Waals surface area contributed by atoms with Crippen molar-refractivity contribution in [2.24, 2.45) is 11.8 Å². The molecule has 1 saturated carbocycles. The normalized spacial score (nSPS) is 20.4. The zero-order valence-corrected chi connectivity index (χ0v) is 11.9. The maximum atomic E-state index is 11.9. The van der Waals surface area contributed by atoms with Crippen molar-refractivity contribution in [3.63, 3.8) is 0 Å². The number of unbranched alkanes of at least 4 members (excludes halogenated alkanes) is 2. The van der Waals surface area contributed by atoms with E-state index in [-0.39, 0.29) is 23.7 Å². The molecule has 5 heteroatoms. The SMILES string of the molecule is CCCCCNC(=O)C1CC1C(=O)NCc1ccco1. The Labute approximate surface area is 119 Å². The van der Waals surface area contributed by atoms with E-state index in [4.69, 9.17) is 4.42 Å². The Balaban J connectivity index is 1.63. The molecule has 1 aromatic rings. The van der Waals surface area contributed by atoms with E-state index < -0.39 is 0 Å². The van der Waals surface area contributed by atoms with Gasteiger partial charge in [0.1, 0.15) is 5.76 Å². The van der Waals surface area contributed by atoms with Gasteiger partial charge in [0, 0.05) is 6.54 Å². The van der Waals surface area contributed by atoms with Gasteiger partial charge in [-0.25, -0.2) is 0 Å². The van der Waals surface area contributed by atoms with Crippen LogP contribution in [0, 0.1) is 11.8 Å². The van der Waals surface area contributed by atoms with E-state index in [2.05, 4.69) is 17.6 Å². The Bertz CT molecular complexity index is 442. The average Bonchev–Trinajstić information content (AvgIpc) is 3.09. The van der Waals surface area contributed by atoms with Crippen LogP contribution in [0.5, 0.6) is 0 Å². The summed E-state index contributed by atoms with van der Waals surface area (Å²) in [6.07, 6.45) is 5.49. The van der Waals surface area contributed by atoms with Crippen molar-refractivity contribution in [1.82, 2.24) is 10.6 Å². The van der Waals surface area contributed by atoms with Crippen molar-refractivity contribution in [2.45, 2.75) is 39.2 Å². The fraction of sp³-hybridized carbons (Fsp3) is 0.600. The van der Waals surface area contributed by atoms with Crippen LogP contribution in [-0.2, 0) is 16.1 Å². The molecule has 2 unspecified atom stereocenters. The molecule has 0 aromatic carbocycles. The molecule has 1 aliphatic rings. The number of amides is 2. The van der Waals surface area contributed by atoms with E-state index in [0.29, 0.717) is 19.5 Å². The molecule has 1 heterocycles. The summed E-state index contributed by atoms with van der Waals surface area (Å²) in [5, 5.41) is 5.69. The smallest absolute Gasteiger partial charge is 0.224 e. The maximum absolute atomic E-state index is 11.9. The van der Waals surface area contributed by atoms with Crippen molar-refractivity contribution in [3.8, 4) is 0 Å². The maximum Gasteiger partial charge on any atom is 0.224 e. The van der Waals surface area contributed by atoms with Gasteiger partial charge in [-0.2, -0.15) is 0 Å². The average molecular weight is 278 g/mol. The number of nitrogens with one attached hydrogen (secondary N) is 2. The van der Waals surface area contributed by atoms with Crippen LogP contribution in [0.3, 0.4) is 0 Å². The van der Waals surface area contributed by atoms with Crippen LogP contribution >= 0.6 is 0 Å². The first-order chi connectivity index (χ1) is 9.72. The van der Waals surface area contributed by atoms with Crippen LogP contribution in [0.25, 0.3) is 0 Å². The molecule has 1 aliphatic carbocycles. The molecule has 2 rings (SSSR count). The number of carbonyl (C=O) groups excluding carboxylic acids is 2. The second-order valence-electron chi connectivity index (χ2n) is 5.24. The van der Waals surface area contributed by atoms with E-state index in [1.54, 1.807) is 12.3 Å². The highest BCUT2D eigenvalue weighted by atomic mass is 16.3. The van der Waals surface area contributed by atoms with Gasteiger partial charge in [0.05, 0.1) is 24.6 Å². The van der Waals surface area contributed by atoms with Gasteiger partial charge in [-0.1, -0.05) is 19.8 Å². The molecule has 2 N–H and O–H groups in total. The summed E-state index contributed by atoms with van der Waals surface area (Å²) >= 11 is 0. The first kappa shape index (κ1) is 14.6. The fourth-order valence-corrected chi connectivity index (χ4v) is 2.21. The number of rotatable bonds is 8. The van der Waals surface area contributed by atoms with Crippen LogP contribution in [0.15, 0.2) is 22.8 Å². The Hall–Kier alpha value is -1.78. The Morgan fingerprint density at radius 1 is 1.25 bits per heavy atom. The predicted molar refractivity (Wildman–Crippen MR) is 74.7 cm³/mol. The summed E-state index contributed by atoms with van der Waals surface area (Å²) in [5.74, 6) is 0.360. The summed E-state index contributed by atoms with van der Waals surface area (Å²) < 4.78 is 5.14. The van der Waals surface area contributed by atoms with E-state index in [9.17, 15) is 9.59 Å². The van der Waals surface area contributed by atoms with Gasteiger partial charge >= 0.3 is 0 Å². The zero-order chi connectivity index (χ0) is 14.4. The summed E-state index contributed by atoms with van der Waals surface area (Å²) in [6, 6.07) is 3.59. The minimum Gasteiger partial charge on any atom is -0.467 e. The van der Waals surface area contributed by atoms with E-state index in [0.717, 1.165) is 25.0 Å². The monoisotopic (exact) mass is 278 g/mol. The number of furan rings is 1. The second kappa shape index (κ2) is 7.12. The van der Waals surface area contributed by atoms with Crippen LogP contribution in [0.1, 0.15) is 38.4 Å². The second-order valence-corrected chi connectivity index (χ2v) is 5.24. The first-order valence-electron chi connectivity index (χ1n) is 7.30. The van der Waals surface area contributed by atoms with Crippen LogP contribution in [-0.4, -0.2) is 18.4 Å². The van der Waals surface area contributed by atoms with Crippen LogP contribution in [0.4, 0.5) is 0 Å². The zero-order valence-electron chi connectivity index (χ0n) is 11.9. The molecule has 110 valence electrons. The molecule has 1 fully saturated rings. The Morgan fingerprint density at radius 3 is 2.65 bits per heavy atom. The van der Waals surface area contributed by atoms with Crippen molar-refractivity contribution < 1.29 is 14.0 Å². The van der Waals surface area contributed by atoms with Gasteiger partial charge in [0.15, 0.2) is 0 Å². The lowest BCUT2D eigenvalue weighted by Crippen LogP contribution is -2.30. The number of carbonyl (C=O) groups is 2. The summed E-state index contributed by atoms with van der Waals surface area (Å²) in [6.45, 7) is 3.22. The van der Waals surface area contributed by atoms with Gasteiger partial charge in [-0.15, -0.1) is 0 Å². The molecule has 1 aromatic heterocycles. The standard InChI is InChI=1S/C15H22N2O3/c1-2-3-4-7-16-14(18)12-9-13(12)15(19)17-10-11-6-5-8-20-11/h5-6,8,12-13H,2-4,7,9-10H2,1H3,(H,16,18)(H,17,19). The van der Waals surface area contributed by atoms with Crippen molar-refractivity contribution in [2.75, 3.05) is 6.54 Å². The predicted octanol–water partition coefficient (Wildman–Crippen LogP) is 1.84. The molecular formula is C15H22N2O3. The van der Waals surface area contributed by atoms with Gasteiger partial charge in [-0.3, -0.25) is 9.59 Å². The highest BCUT2D eigenvalue weighted by Gasteiger charge is 2.47. The fourth-order valence-electron chi connectivity index (χ4n) is 2.21. The summed E-state index contributed by atoms with van der Waals surface area (Å²) in [7, 11) is 0. The topological polar surface area (TPSA) is 71.3 Å². The highest BCUT2D eigenvalue weighted by Crippen LogP contribution is 2.38. The number of hydrogen-bond acceptors (Lipinski definition) is 3. The molecule has 20 heavy (non-hydrogen) atoms. The molecule has 2 amide bonds. The third-order valence-corrected chi connectivity index (χ3v) is 3.56. The van der Waals surface area contributed by atoms with E-state index in [1.165, 1.54) is 0 Å². The first-order valence-corrected chi connectivity index (χ1v) is 7.30. The van der Waals surface area contributed by atoms with Crippen molar-refractivity contribution in [3.05, 3.63) is 24.2 Å². The summed E-state index contributed by atoms with van der Waals surface area (Å²) in [5.41, 5.74) is 0. The minimum absolute atomic E-state index is 0.0132. The summed E-state index contributed by atoms with van der Waals surface area (Å²) in [4.78, 5) is 23.7. The molecule has 0 saturated heterocycles. The third kappa shape index (κ3) is 4.11. The van der Waals surface area contributed by atoms with Gasteiger partial charge in [0.2, 0.25) is 11.8 Å². The molecule has 2 atom stereocenters. The van der Waals surface area contributed by atoms with Crippen molar-refractivity contribution >= 4 is 11.8 Å². The van der Waals surface area contributed by atoms with Gasteiger partial charge < -0.3 is 15.1 Å². The third-order valence-electron chi connectivity index (χ3n) is 3.56. The quantitative estimate of drug-likeness (QED) is 0.713. The van der Waals surface area contributed by atoms with Crippen LogP contribution in [0.2, 0.25) is 0 Å². The minimum atomic E-state index is -0.170. The molecule has 0 bridgehead atoms. The Morgan fingerprint density at radius 2 is 2.00 bits per heavy atom. The molecule has 5 nitrogen and oxygen atoms in total.